The minimum absolute atomic E-state index is 0.336. The van der Waals surface area contributed by atoms with Crippen LogP contribution in [0.1, 0.15) is 65.2 Å². The number of hydrogen-bond acceptors (Lipinski definition) is 2. The molecular weight excluding hydrogens is 236 g/mol. The maximum absolute atomic E-state index is 11.8. The SMILES string of the molecule is CCN(CC)C(=O)CCCCCCC1CCNCC1. The van der Waals surface area contributed by atoms with E-state index in [2.05, 4.69) is 19.2 Å². The molecule has 0 bridgehead atoms. The van der Waals surface area contributed by atoms with E-state index in [1.807, 2.05) is 4.90 Å². The number of hydrogen-bond donors (Lipinski definition) is 1. The first-order valence-electron chi connectivity index (χ1n) is 8.26. The molecule has 0 aromatic carbocycles. The molecule has 0 spiro atoms. The molecule has 112 valence electrons. The highest BCUT2D eigenvalue weighted by molar-refractivity contribution is 5.75. The first kappa shape index (κ1) is 16.5. The molecule has 1 rings (SSSR count). The summed E-state index contributed by atoms with van der Waals surface area (Å²) >= 11 is 0. The lowest BCUT2D eigenvalue weighted by Gasteiger charge is -2.22. The van der Waals surface area contributed by atoms with Crippen LogP contribution in [0.2, 0.25) is 0 Å². The Hall–Kier alpha value is -0.570. The summed E-state index contributed by atoms with van der Waals surface area (Å²) in [6.07, 6.45) is 9.81. The summed E-state index contributed by atoms with van der Waals surface area (Å²) < 4.78 is 0. The van der Waals surface area contributed by atoms with Gasteiger partial charge in [-0.05, 0) is 52.1 Å². The predicted octanol–water partition coefficient (Wildman–Crippen LogP) is 3.20. The van der Waals surface area contributed by atoms with Gasteiger partial charge < -0.3 is 10.2 Å². The third-order valence-electron chi connectivity index (χ3n) is 4.33. The predicted molar refractivity (Wildman–Crippen MR) is 81.2 cm³/mol. The molecule has 1 aliphatic heterocycles. The normalized spacial score (nSPS) is 16.5. The van der Waals surface area contributed by atoms with Crippen LogP contribution in [0.3, 0.4) is 0 Å². The van der Waals surface area contributed by atoms with Crippen molar-refractivity contribution in [2.24, 2.45) is 5.92 Å². The number of amides is 1. The number of carbonyl (C=O) groups excluding carboxylic acids is 1. The summed E-state index contributed by atoms with van der Waals surface area (Å²) in [6.45, 7) is 8.24. The number of rotatable bonds is 9. The van der Waals surface area contributed by atoms with Crippen LogP contribution >= 0.6 is 0 Å². The van der Waals surface area contributed by atoms with Gasteiger partial charge in [-0.2, -0.15) is 0 Å². The third-order valence-corrected chi connectivity index (χ3v) is 4.33. The van der Waals surface area contributed by atoms with E-state index in [0.29, 0.717) is 5.91 Å². The van der Waals surface area contributed by atoms with Gasteiger partial charge in [0.05, 0.1) is 0 Å². The quantitative estimate of drug-likeness (QED) is 0.651. The van der Waals surface area contributed by atoms with Gasteiger partial charge in [0.25, 0.3) is 0 Å². The van der Waals surface area contributed by atoms with E-state index in [1.54, 1.807) is 0 Å². The van der Waals surface area contributed by atoms with Gasteiger partial charge in [0.1, 0.15) is 0 Å². The van der Waals surface area contributed by atoms with Crippen molar-refractivity contribution in [2.45, 2.75) is 65.2 Å². The highest BCUT2D eigenvalue weighted by Gasteiger charge is 2.12. The van der Waals surface area contributed by atoms with Crippen LogP contribution in [0.5, 0.6) is 0 Å². The Kier molecular flexibility index (Phi) is 8.89. The average Bonchev–Trinajstić information content (AvgIpc) is 2.45. The Bertz CT molecular complexity index is 233. The van der Waals surface area contributed by atoms with Crippen molar-refractivity contribution in [3.8, 4) is 0 Å². The molecule has 1 saturated heterocycles. The molecule has 1 heterocycles. The van der Waals surface area contributed by atoms with E-state index in [1.165, 1.54) is 51.6 Å². The van der Waals surface area contributed by atoms with Gasteiger partial charge in [0.15, 0.2) is 0 Å². The van der Waals surface area contributed by atoms with Gasteiger partial charge in [-0.1, -0.05) is 25.7 Å². The van der Waals surface area contributed by atoms with Crippen molar-refractivity contribution in [1.82, 2.24) is 10.2 Å². The Morgan fingerprint density at radius 2 is 1.68 bits per heavy atom. The second-order valence-corrected chi connectivity index (χ2v) is 5.71. The first-order chi connectivity index (χ1) is 9.27. The fraction of sp³-hybridized carbons (Fsp3) is 0.938. The summed E-state index contributed by atoms with van der Waals surface area (Å²) in [7, 11) is 0. The monoisotopic (exact) mass is 268 g/mol. The van der Waals surface area contributed by atoms with Crippen molar-refractivity contribution >= 4 is 5.91 Å². The van der Waals surface area contributed by atoms with Crippen LogP contribution in [-0.2, 0) is 4.79 Å². The Balaban J connectivity index is 1.94. The average molecular weight is 268 g/mol. The van der Waals surface area contributed by atoms with Crippen LogP contribution in [0, 0.1) is 5.92 Å². The van der Waals surface area contributed by atoms with Crippen molar-refractivity contribution in [3.05, 3.63) is 0 Å². The number of nitrogens with zero attached hydrogens (tertiary/aromatic N) is 1. The number of unbranched alkanes of at least 4 members (excludes halogenated alkanes) is 3. The maximum Gasteiger partial charge on any atom is 0.222 e. The zero-order chi connectivity index (χ0) is 13.9. The molecular formula is C16H32N2O. The van der Waals surface area contributed by atoms with E-state index in [-0.39, 0.29) is 0 Å². The molecule has 0 aromatic rings. The highest BCUT2D eigenvalue weighted by Crippen LogP contribution is 2.19. The molecule has 0 atom stereocenters. The zero-order valence-corrected chi connectivity index (χ0v) is 12.9. The molecule has 0 aliphatic carbocycles. The Morgan fingerprint density at radius 1 is 1.05 bits per heavy atom. The second kappa shape index (κ2) is 10.2. The van der Waals surface area contributed by atoms with Gasteiger partial charge in [-0.3, -0.25) is 4.79 Å². The van der Waals surface area contributed by atoms with E-state index >= 15 is 0 Å². The smallest absolute Gasteiger partial charge is 0.222 e. The molecule has 0 aromatic heterocycles. The molecule has 0 saturated carbocycles. The highest BCUT2D eigenvalue weighted by atomic mass is 16.2. The molecule has 1 fully saturated rings. The van der Waals surface area contributed by atoms with Crippen LogP contribution in [-0.4, -0.2) is 37.0 Å². The van der Waals surface area contributed by atoms with Crippen LogP contribution in [0.15, 0.2) is 0 Å². The van der Waals surface area contributed by atoms with Crippen LogP contribution < -0.4 is 5.32 Å². The summed E-state index contributed by atoms with van der Waals surface area (Å²) in [5.74, 6) is 1.29. The molecule has 19 heavy (non-hydrogen) atoms. The third kappa shape index (κ3) is 6.95. The lowest BCUT2D eigenvalue weighted by molar-refractivity contribution is -0.130. The molecule has 0 radical (unpaired) electrons. The summed E-state index contributed by atoms with van der Waals surface area (Å²) in [6, 6.07) is 0. The molecule has 3 heteroatoms. The largest absolute Gasteiger partial charge is 0.343 e. The van der Waals surface area contributed by atoms with E-state index < -0.39 is 0 Å². The second-order valence-electron chi connectivity index (χ2n) is 5.71. The molecule has 1 N–H and O–H groups in total. The van der Waals surface area contributed by atoms with Gasteiger partial charge in [0.2, 0.25) is 5.91 Å². The zero-order valence-electron chi connectivity index (χ0n) is 12.9. The number of nitrogens with one attached hydrogen (secondary N) is 1. The van der Waals surface area contributed by atoms with E-state index in [0.717, 1.165) is 31.8 Å². The topological polar surface area (TPSA) is 32.3 Å². The van der Waals surface area contributed by atoms with Gasteiger partial charge in [-0.15, -0.1) is 0 Å². The Morgan fingerprint density at radius 3 is 2.32 bits per heavy atom. The minimum atomic E-state index is 0.336. The summed E-state index contributed by atoms with van der Waals surface area (Å²) in [5.41, 5.74) is 0. The fourth-order valence-corrected chi connectivity index (χ4v) is 2.97. The summed E-state index contributed by atoms with van der Waals surface area (Å²) in [5, 5.41) is 3.42. The number of carbonyl (C=O) groups is 1. The van der Waals surface area contributed by atoms with Gasteiger partial charge in [-0.25, -0.2) is 0 Å². The first-order valence-corrected chi connectivity index (χ1v) is 8.26. The standard InChI is InChI=1S/C16H32N2O/c1-3-18(4-2)16(19)10-8-6-5-7-9-15-11-13-17-14-12-15/h15,17H,3-14H2,1-2H3. The van der Waals surface area contributed by atoms with Crippen LogP contribution in [0.25, 0.3) is 0 Å². The molecule has 1 amide bonds. The van der Waals surface area contributed by atoms with Gasteiger partial charge in [0, 0.05) is 19.5 Å². The lowest BCUT2D eigenvalue weighted by atomic mass is 9.92. The van der Waals surface area contributed by atoms with Gasteiger partial charge >= 0.3 is 0 Å². The van der Waals surface area contributed by atoms with Crippen molar-refractivity contribution < 1.29 is 4.79 Å². The van der Waals surface area contributed by atoms with Crippen LogP contribution in [0.4, 0.5) is 0 Å². The van der Waals surface area contributed by atoms with E-state index in [4.69, 9.17) is 0 Å². The van der Waals surface area contributed by atoms with Crippen molar-refractivity contribution in [1.29, 1.82) is 0 Å². The fourth-order valence-electron chi connectivity index (χ4n) is 2.97. The molecule has 3 nitrogen and oxygen atoms in total. The Labute approximate surface area is 119 Å². The minimum Gasteiger partial charge on any atom is -0.343 e. The number of piperidine rings is 1. The summed E-state index contributed by atoms with van der Waals surface area (Å²) in [4.78, 5) is 13.7. The lowest BCUT2D eigenvalue weighted by Crippen LogP contribution is -2.30. The molecule has 1 aliphatic rings. The van der Waals surface area contributed by atoms with Crippen molar-refractivity contribution in [2.75, 3.05) is 26.2 Å². The van der Waals surface area contributed by atoms with Crippen molar-refractivity contribution in [3.63, 3.8) is 0 Å². The van der Waals surface area contributed by atoms with E-state index in [9.17, 15) is 4.79 Å². The molecule has 0 unspecified atom stereocenters. The maximum atomic E-state index is 11.8.